The van der Waals surface area contributed by atoms with E-state index in [9.17, 15) is 21.6 Å². The summed E-state index contributed by atoms with van der Waals surface area (Å²) >= 11 is 0. The second kappa shape index (κ2) is 4.81. The molecule has 0 aliphatic heterocycles. The highest BCUT2D eigenvalue weighted by atomic mass is 32.2. The first kappa shape index (κ1) is 12.9. The van der Waals surface area contributed by atoms with Crippen LogP contribution >= 0.6 is 0 Å². The van der Waals surface area contributed by atoms with Crippen LogP contribution in [0, 0.1) is 17.5 Å². The average Bonchev–Trinajstić information content (AvgIpc) is 2.23. The van der Waals surface area contributed by atoms with Crippen molar-refractivity contribution in [3.63, 3.8) is 0 Å². The zero-order valence-electron chi connectivity index (χ0n) is 8.00. The van der Waals surface area contributed by atoms with E-state index >= 15 is 0 Å². The van der Waals surface area contributed by atoms with Gasteiger partial charge in [0.25, 0.3) is 0 Å². The Morgan fingerprint density at radius 3 is 2.38 bits per heavy atom. The molecule has 1 aromatic rings. The first-order valence-electron chi connectivity index (χ1n) is 4.23. The smallest absolute Gasteiger partial charge is 0.243 e. The minimum atomic E-state index is -4.20. The zero-order chi connectivity index (χ0) is 12.3. The van der Waals surface area contributed by atoms with Crippen LogP contribution in [-0.4, -0.2) is 21.5 Å². The van der Waals surface area contributed by atoms with Crippen LogP contribution < -0.4 is 10.5 Å². The van der Waals surface area contributed by atoms with Crippen LogP contribution in [0.2, 0.25) is 0 Å². The molecule has 0 heterocycles. The Bertz CT molecular complexity index is 490. The van der Waals surface area contributed by atoms with Gasteiger partial charge in [0.2, 0.25) is 10.0 Å². The fraction of sp³-hybridized carbons (Fsp3) is 0.250. The highest BCUT2D eigenvalue weighted by molar-refractivity contribution is 7.89. The van der Waals surface area contributed by atoms with Gasteiger partial charge in [0.15, 0.2) is 17.5 Å². The quantitative estimate of drug-likeness (QED) is 0.761. The molecule has 16 heavy (non-hydrogen) atoms. The third-order valence-electron chi connectivity index (χ3n) is 1.73. The second-order valence-corrected chi connectivity index (χ2v) is 4.60. The monoisotopic (exact) mass is 254 g/mol. The summed E-state index contributed by atoms with van der Waals surface area (Å²) in [6, 6.07) is 1.18. The normalized spacial score (nSPS) is 11.8. The molecule has 0 atom stereocenters. The van der Waals surface area contributed by atoms with Gasteiger partial charge in [-0.25, -0.2) is 26.3 Å². The standard InChI is InChI=1S/C8H9F3N2O2S/c9-5-1-2-6(8(11)7(5)10)16(14,15)13-4-3-12/h1-2,13H,3-4,12H2. The number of benzene rings is 1. The van der Waals surface area contributed by atoms with E-state index in [0.29, 0.717) is 12.1 Å². The van der Waals surface area contributed by atoms with Crippen molar-refractivity contribution < 1.29 is 21.6 Å². The van der Waals surface area contributed by atoms with E-state index in [1.54, 1.807) is 0 Å². The third-order valence-corrected chi connectivity index (χ3v) is 3.20. The summed E-state index contributed by atoms with van der Waals surface area (Å²) in [6.07, 6.45) is 0. The van der Waals surface area contributed by atoms with E-state index in [0.717, 1.165) is 0 Å². The lowest BCUT2D eigenvalue weighted by Gasteiger charge is -2.07. The average molecular weight is 254 g/mol. The van der Waals surface area contributed by atoms with Gasteiger partial charge in [-0.15, -0.1) is 0 Å². The molecule has 0 unspecified atom stereocenters. The van der Waals surface area contributed by atoms with Crippen LogP contribution in [-0.2, 0) is 10.0 Å². The molecule has 0 spiro atoms. The van der Waals surface area contributed by atoms with Gasteiger partial charge >= 0.3 is 0 Å². The zero-order valence-corrected chi connectivity index (χ0v) is 8.82. The number of halogens is 3. The Hall–Kier alpha value is -1.12. The molecule has 0 bridgehead atoms. The number of sulfonamides is 1. The van der Waals surface area contributed by atoms with Crippen molar-refractivity contribution >= 4 is 10.0 Å². The number of nitrogens with two attached hydrogens (primary N) is 1. The predicted molar refractivity (Wildman–Crippen MR) is 50.6 cm³/mol. The lowest BCUT2D eigenvalue weighted by Crippen LogP contribution is -2.30. The van der Waals surface area contributed by atoms with E-state index < -0.39 is 32.4 Å². The molecule has 0 amide bonds. The summed E-state index contributed by atoms with van der Waals surface area (Å²) in [6.45, 7) is -0.120. The third kappa shape index (κ3) is 2.52. The number of nitrogens with one attached hydrogen (secondary N) is 1. The van der Waals surface area contributed by atoms with E-state index in [1.807, 2.05) is 4.72 Å². The fourth-order valence-corrected chi connectivity index (χ4v) is 2.10. The van der Waals surface area contributed by atoms with Gasteiger partial charge in [-0.3, -0.25) is 0 Å². The summed E-state index contributed by atoms with van der Waals surface area (Å²) in [5.74, 6) is -5.02. The molecule has 0 saturated carbocycles. The van der Waals surface area contributed by atoms with E-state index in [4.69, 9.17) is 5.73 Å². The molecular formula is C8H9F3N2O2S. The minimum absolute atomic E-state index is 0.00449. The summed E-state index contributed by atoms with van der Waals surface area (Å²) in [7, 11) is -4.20. The van der Waals surface area contributed by atoms with E-state index in [1.165, 1.54) is 0 Å². The van der Waals surface area contributed by atoms with Crippen molar-refractivity contribution in [1.29, 1.82) is 0 Å². The first-order valence-corrected chi connectivity index (χ1v) is 5.71. The maximum Gasteiger partial charge on any atom is 0.243 e. The predicted octanol–water partition coefficient (Wildman–Crippen LogP) is 0.341. The van der Waals surface area contributed by atoms with Crippen LogP contribution in [0.3, 0.4) is 0 Å². The summed E-state index contributed by atoms with van der Waals surface area (Å²) < 4.78 is 63.1. The Kier molecular flexibility index (Phi) is 3.89. The van der Waals surface area contributed by atoms with Crippen LogP contribution in [0.15, 0.2) is 17.0 Å². The molecule has 0 radical (unpaired) electrons. The minimum Gasteiger partial charge on any atom is -0.329 e. The Labute approximate surface area is 90.3 Å². The van der Waals surface area contributed by atoms with E-state index in [2.05, 4.69) is 0 Å². The van der Waals surface area contributed by atoms with Gasteiger partial charge in [-0.1, -0.05) is 0 Å². The van der Waals surface area contributed by atoms with Crippen molar-refractivity contribution in [2.75, 3.05) is 13.1 Å². The number of hydrogen-bond acceptors (Lipinski definition) is 3. The van der Waals surface area contributed by atoms with Crippen molar-refractivity contribution in [3.05, 3.63) is 29.6 Å². The van der Waals surface area contributed by atoms with Crippen molar-refractivity contribution in [2.45, 2.75) is 4.90 Å². The van der Waals surface area contributed by atoms with Gasteiger partial charge < -0.3 is 5.73 Å². The lowest BCUT2D eigenvalue weighted by molar-refractivity contribution is 0.431. The topological polar surface area (TPSA) is 72.2 Å². The van der Waals surface area contributed by atoms with Gasteiger partial charge in [0.05, 0.1) is 0 Å². The van der Waals surface area contributed by atoms with Gasteiger partial charge in [-0.05, 0) is 12.1 Å². The molecule has 4 nitrogen and oxygen atoms in total. The van der Waals surface area contributed by atoms with Crippen LogP contribution in [0.25, 0.3) is 0 Å². The highest BCUT2D eigenvalue weighted by Gasteiger charge is 2.23. The highest BCUT2D eigenvalue weighted by Crippen LogP contribution is 2.19. The SMILES string of the molecule is NCCNS(=O)(=O)c1ccc(F)c(F)c1F. The number of rotatable bonds is 4. The van der Waals surface area contributed by atoms with Gasteiger partial charge in [0.1, 0.15) is 4.90 Å². The van der Waals surface area contributed by atoms with Crippen LogP contribution in [0.5, 0.6) is 0 Å². The van der Waals surface area contributed by atoms with Crippen molar-refractivity contribution in [3.8, 4) is 0 Å². The molecule has 90 valence electrons. The molecule has 8 heteroatoms. The van der Waals surface area contributed by atoms with Crippen LogP contribution in [0.1, 0.15) is 0 Å². The second-order valence-electron chi connectivity index (χ2n) is 2.86. The maximum atomic E-state index is 13.1. The first-order chi connectivity index (χ1) is 7.40. The molecule has 1 rings (SSSR count). The van der Waals surface area contributed by atoms with E-state index in [-0.39, 0.29) is 13.1 Å². The lowest BCUT2D eigenvalue weighted by atomic mass is 10.3. The molecular weight excluding hydrogens is 245 g/mol. The molecule has 0 saturated heterocycles. The molecule has 3 N–H and O–H groups in total. The van der Waals surface area contributed by atoms with Gasteiger partial charge in [-0.2, -0.15) is 0 Å². The number of hydrogen-bond donors (Lipinski definition) is 2. The molecule has 1 aromatic carbocycles. The largest absolute Gasteiger partial charge is 0.329 e. The Morgan fingerprint density at radius 1 is 1.19 bits per heavy atom. The molecule has 0 aliphatic rings. The summed E-state index contributed by atoms with van der Waals surface area (Å²) in [4.78, 5) is -0.945. The van der Waals surface area contributed by atoms with Crippen molar-refractivity contribution in [2.24, 2.45) is 5.73 Å². The molecule has 0 aromatic heterocycles. The van der Waals surface area contributed by atoms with Crippen molar-refractivity contribution in [1.82, 2.24) is 4.72 Å². The maximum absolute atomic E-state index is 13.1. The van der Waals surface area contributed by atoms with Gasteiger partial charge in [0, 0.05) is 13.1 Å². The fourth-order valence-electron chi connectivity index (χ4n) is 0.987. The molecule has 0 aliphatic carbocycles. The summed E-state index contributed by atoms with van der Waals surface area (Å²) in [5.41, 5.74) is 5.05. The Balaban J connectivity index is 3.19. The molecule has 0 fully saturated rings. The summed E-state index contributed by atoms with van der Waals surface area (Å²) in [5, 5.41) is 0. The Morgan fingerprint density at radius 2 is 1.81 bits per heavy atom. The van der Waals surface area contributed by atoms with Crippen LogP contribution in [0.4, 0.5) is 13.2 Å².